The van der Waals surface area contributed by atoms with Gasteiger partial charge in [-0.25, -0.2) is 19.3 Å². The summed E-state index contributed by atoms with van der Waals surface area (Å²) in [6.45, 7) is 2.55. The van der Waals surface area contributed by atoms with Gasteiger partial charge in [0.15, 0.2) is 11.4 Å². The molecular formula is C20H17N7O2. The van der Waals surface area contributed by atoms with E-state index in [1.807, 2.05) is 23.8 Å². The molecule has 9 nitrogen and oxygen atoms in total. The van der Waals surface area contributed by atoms with Crippen molar-refractivity contribution in [1.82, 2.24) is 29.1 Å². The van der Waals surface area contributed by atoms with Crippen molar-refractivity contribution < 1.29 is 5.11 Å². The topological polar surface area (TPSA) is 128 Å². The molecule has 0 radical (unpaired) electrons. The molecule has 0 aliphatic carbocycles. The number of aromatic amines is 1. The maximum atomic E-state index is 12.6. The second-order valence-corrected chi connectivity index (χ2v) is 6.98. The summed E-state index contributed by atoms with van der Waals surface area (Å²) in [7, 11) is 0. The Balaban J connectivity index is 1.66. The average molecular weight is 387 g/mol. The van der Waals surface area contributed by atoms with E-state index in [1.165, 1.54) is 10.8 Å². The highest BCUT2D eigenvalue weighted by Gasteiger charge is 2.37. The third-order valence-electron chi connectivity index (χ3n) is 5.19. The number of benzene rings is 1. The predicted octanol–water partition coefficient (Wildman–Crippen LogP) is 0.839. The normalized spacial score (nSPS) is 17.9. The van der Waals surface area contributed by atoms with Gasteiger partial charge < -0.3 is 20.4 Å². The van der Waals surface area contributed by atoms with Crippen LogP contribution in [0.25, 0.3) is 16.9 Å². The number of nitrogens with one attached hydrogen (secondary N) is 1. The number of aromatic nitrogens is 6. The van der Waals surface area contributed by atoms with E-state index >= 15 is 0 Å². The molecule has 0 bridgehead atoms. The van der Waals surface area contributed by atoms with Gasteiger partial charge >= 0.3 is 5.69 Å². The van der Waals surface area contributed by atoms with Crippen molar-refractivity contribution in [2.75, 3.05) is 5.73 Å². The van der Waals surface area contributed by atoms with Gasteiger partial charge in [-0.1, -0.05) is 11.8 Å². The fourth-order valence-corrected chi connectivity index (χ4v) is 3.74. The van der Waals surface area contributed by atoms with Crippen LogP contribution < -0.4 is 11.4 Å². The highest BCUT2D eigenvalue weighted by Crippen LogP contribution is 2.30. The second-order valence-electron chi connectivity index (χ2n) is 6.98. The molecule has 1 atom stereocenters. The van der Waals surface area contributed by atoms with E-state index in [0.717, 1.165) is 5.56 Å². The first-order valence-electron chi connectivity index (χ1n) is 9.07. The van der Waals surface area contributed by atoms with E-state index in [2.05, 4.69) is 31.8 Å². The summed E-state index contributed by atoms with van der Waals surface area (Å²) in [4.78, 5) is 27.7. The molecular weight excluding hydrogens is 370 g/mol. The summed E-state index contributed by atoms with van der Waals surface area (Å²) in [5.74, 6) is 7.06. The largest absolute Gasteiger partial charge is 0.371 e. The molecule has 1 aromatic carbocycles. The number of anilines is 1. The summed E-state index contributed by atoms with van der Waals surface area (Å²) < 4.78 is 3.35. The number of rotatable bonds is 1. The van der Waals surface area contributed by atoms with Crippen molar-refractivity contribution in [1.29, 1.82) is 0 Å². The average Bonchev–Trinajstić information content (AvgIpc) is 3.37. The monoisotopic (exact) mass is 387 g/mol. The van der Waals surface area contributed by atoms with Crippen molar-refractivity contribution in [2.45, 2.75) is 25.5 Å². The Labute approximate surface area is 164 Å². The van der Waals surface area contributed by atoms with Crippen LogP contribution in [-0.2, 0) is 12.1 Å². The zero-order valence-corrected chi connectivity index (χ0v) is 15.5. The fraction of sp³-hybridized carbons (Fsp3) is 0.200. The van der Waals surface area contributed by atoms with Gasteiger partial charge in [0, 0.05) is 43.2 Å². The zero-order chi connectivity index (χ0) is 20.2. The number of nitrogen functional groups attached to an aromatic ring is 1. The highest BCUT2D eigenvalue weighted by atomic mass is 16.3. The summed E-state index contributed by atoms with van der Waals surface area (Å²) in [5, 5.41) is 10.9. The number of aliphatic hydroxyl groups is 1. The number of hydrogen-bond acceptors (Lipinski definition) is 6. The number of imidazole rings is 2. The first kappa shape index (κ1) is 17.2. The van der Waals surface area contributed by atoms with Crippen LogP contribution in [0.5, 0.6) is 0 Å². The Hall–Kier alpha value is -3.90. The van der Waals surface area contributed by atoms with Crippen LogP contribution in [0.3, 0.4) is 0 Å². The maximum absolute atomic E-state index is 12.6. The maximum Gasteiger partial charge on any atom is 0.332 e. The third-order valence-corrected chi connectivity index (χ3v) is 5.19. The Kier molecular flexibility index (Phi) is 3.59. The van der Waals surface area contributed by atoms with Gasteiger partial charge in [-0.05, 0) is 24.6 Å². The standard InChI is InChI=1S/C20H17N7O2/c1-12-13(4-6-20(29)7-10-26-11-9-22-17(20)26)2-3-14-16(12)27(19(28)24-14)15-5-8-23-18(21)25-15/h2-3,5,8-9,11,29H,7,10H2,1H3,(H,24,28)(H2,21,23,25). The molecule has 0 fully saturated rings. The minimum Gasteiger partial charge on any atom is -0.371 e. The smallest absolute Gasteiger partial charge is 0.332 e. The van der Waals surface area contributed by atoms with Crippen LogP contribution in [0.2, 0.25) is 0 Å². The molecule has 4 aromatic rings. The molecule has 1 unspecified atom stereocenters. The number of aryl methyl sites for hydroxylation is 2. The minimum atomic E-state index is -1.29. The molecule has 0 saturated carbocycles. The van der Waals surface area contributed by atoms with E-state index in [9.17, 15) is 9.90 Å². The fourth-order valence-electron chi connectivity index (χ4n) is 3.74. The van der Waals surface area contributed by atoms with Gasteiger partial charge in [0.1, 0.15) is 5.82 Å². The van der Waals surface area contributed by atoms with Crippen LogP contribution in [0.4, 0.5) is 5.95 Å². The molecule has 0 amide bonds. The lowest BCUT2D eigenvalue weighted by Gasteiger charge is -2.12. The van der Waals surface area contributed by atoms with E-state index in [-0.39, 0.29) is 11.6 Å². The van der Waals surface area contributed by atoms with Gasteiger partial charge in [-0.15, -0.1) is 0 Å². The molecule has 144 valence electrons. The van der Waals surface area contributed by atoms with E-state index < -0.39 is 5.60 Å². The summed E-state index contributed by atoms with van der Waals surface area (Å²) in [5.41, 5.74) is 6.86. The van der Waals surface area contributed by atoms with Crippen molar-refractivity contribution in [2.24, 2.45) is 0 Å². The Morgan fingerprint density at radius 3 is 2.97 bits per heavy atom. The van der Waals surface area contributed by atoms with Crippen molar-refractivity contribution in [3.8, 4) is 17.7 Å². The Bertz CT molecular complexity index is 1390. The molecule has 4 heterocycles. The van der Waals surface area contributed by atoms with Crippen LogP contribution in [-0.4, -0.2) is 34.2 Å². The van der Waals surface area contributed by atoms with Crippen molar-refractivity contribution in [3.63, 3.8) is 0 Å². The Morgan fingerprint density at radius 2 is 2.14 bits per heavy atom. The lowest BCUT2D eigenvalue weighted by molar-refractivity contribution is 0.0980. The molecule has 0 spiro atoms. The minimum absolute atomic E-state index is 0.0799. The summed E-state index contributed by atoms with van der Waals surface area (Å²) in [6, 6.07) is 5.22. The van der Waals surface area contributed by atoms with E-state index in [0.29, 0.717) is 41.2 Å². The molecule has 1 aliphatic heterocycles. The van der Waals surface area contributed by atoms with E-state index in [1.54, 1.807) is 18.3 Å². The van der Waals surface area contributed by atoms with Crippen LogP contribution in [0.1, 0.15) is 23.4 Å². The molecule has 1 aliphatic rings. The third kappa shape index (κ3) is 2.61. The van der Waals surface area contributed by atoms with Gasteiger partial charge in [-0.3, -0.25) is 0 Å². The number of H-pyrrole nitrogens is 1. The molecule has 9 heteroatoms. The van der Waals surface area contributed by atoms with Crippen molar-refractivity contribution in [3.05, 3.63) is 64.2 Å². The Morgan fingerprint density at radius 1 is 1.28 bits per heavy atom. The molecule has 29 heavy (non-hydrogen) atoms. The number of nitrogens with two attached hydrogens (primary N) is 1. The SMILES string of the molecule is Cc1c(C#CC2(O)CCn3ccnc32)ccc2[nH]c(=O)n(-c3ccnc(N)n3)c12. The molecule has 5 rings (SSSR count). The van der Waals surface area contributed by atoms with Crippen LogP contribution in [0, 0.1) is 18.8 Å². The zero-order valence-electron chi connectivity index (χ0n) is 15.5. The summed E-state index contributed by atoms with van der Waals surface area (Å²) >= 11 is 0. The molecule has 4 N–H and O–H groups in total. The lowest BCUT2D eigenvalue weighted by Crippen LogP contribution is -2.21. The number of hydrogen-bond donors (Lipinski definition) is 3. The van der Waals surface area contributed by atoms with Gasteiger partial charge in [-0.2, -0.15) is 4.98 Å². The van der Waals surface area contributed by atoms with Gasteiger partial charge in [0.2, 0.25) is 5.95 Å². The summed E-state index contributed by atoms with van der Waals surface area (Å²) in [6.07, 6.45) is 5.47. The van der Waals surface area contributed by atoms with Crippen LogP contribution >= 0.6 is 0 Å². The lowest BCUT2D eigenvalue weighted by atomic mass is 10.0. The molecule has 3 aromatic heterocycles. The van der Waals surface area contributed by atoms with Gasteiger partial charge in [0.05, 0.1) is 11.0 Å². The highest BCUT2D eigenvalue weighted by molar-refractivity contribution is 5.83. The van der Waals surface area contributed by atoms with Crippen LogP contribution in [0.15, 0.2) is 41.6 Å². The first-order valence-corrected chi connectivity index (χ1v) is 9.07. The van der Waals surface area contributed by atoms with E-state index in [4.69, 9.17) is 5.73 Å². The first-order chi connectivity index (χ1) is 14.0. The second kappa shape index (κ2) is 6.05. The quantitative estimate of drug-likeness (QED) is 0.415. The van der Waals surface area contributed by atoms with Crippen molar-refractivity contribution >= 4 is 17.0 Å². The number of nitrogens with zero attached hydrogens (tertiary/aromatic N) is 5. The van der Waals surface area contributed by atoms with Gasteiger partial charge in [0.25, 0.3) is 0 Å². The number of fused-ring (bicyclic) bond motifs is 2. The molecule has 0 saturated heterocycles. The predicted molar refractivity (Wildman–Crippen MR) is 106 cm³/mol.